The molecule has 0 aromatic heterocycles. The molecule has 0 aliphatic heterocycles. The Balaban J connectivity index is 2.45. The maximum Gasteiger partial charge on any atom is 0.306 e. The molecule has 0 radical (unpaired) electrons. The highest BCUT2D eigenvalue weighted by atomic mass is 19.3. The quantitative estimate of drug-likeness (QED) is 0.718. The lowest BCUT2D eigenvalue weighted by atomic mass is 9.72. The highest BCUT2D eigenvalue weighted by Crippen LogP contribution is 2.46. The fourth-order valence-electron chi connectivity index (χ4n) is 1.70. The normalized spacial score (nSPS) is 24.6. The molecule has 4 heteroatoms. The number of hydrogen-bond donors (Lipinski definition) is 1. The summed E-state index contributed by atoms with van der Waals surface area (Å²) in [6.45, 7) is 1.72. The van der Waals surface area contributed by atoms with Gasteiger partial charge in [0.25, 0.3) is 0 Å². The second-order valence-corrected chi connectivity index (χ2v) is 3.38. The van der Waals surface area contributed by atoms with Crippen molar-refractivity contribution in [2.75, 3.05) is 0 Å². The van der Waals surface area contributed by atoms with E-state index in [1.165, 1.54) is 0 Å². The van der Waals surface area contributed by atoms with Crippen molar-refractivity contribution >= 4 is 5.97 Å². The summed E-state index contributed by atoms with van der Waals surface area (Å²) >= 11 is 0. The molecule has 0 bridgehead atoms. The van der Waals surface area contributed by atoms with Crippen molar-refractivity contribution in [1.82, 2.24) is 0 Å². The van der Waals surface area contributed by atoms with Crippen LogP contribution >= 0.6 is 0 Å². The maximum absolute atomic E-state index is 12.4. The van der Waals surface area contributed by atoms with E-state index in [1.54, 1.807) is 6.92 Å². The van der Waals surface area contributed by atoms with Gasteiger partial charge in [0, 0.05) is 12.8 Å². The third-order valence-electron chi connectivity index (χ3n) is 2.45. The second-order valence-electron chi connectivity index (χ2n) is 3.38. The fraction of sp³-hybridized carbons (Fsp3) is 0.875. The molecular weight excluding hydrogens is 166 g/mol. The number of carboxylic acid groups (broad SMARTS) is 1. The van der Waals surface area contributed by atoms with E-state index in [1.807, 2.05) is 0 Å². The Bertz CT molecular complexity index is 183. The van der Waals surface area contributed by atoms with E-state index in [-0.39, 0.29) is 18.8 Å². The van der Waals surface area contributed by atoms with Crippen LogP contribution in [0.15, 0.2) is 0 Å². The average Bonchev–Trinajstić information content (AvgIpc) is 1.84. The van der Waals surface area contributed by atoms with E-state index < -0.39 is 17.8 Å². The molecule has 1 atom stereocenters. The van der Waals surface area contributed by atoms with Gasteiger partial charge >= 0.3 is 5.97 Å². The average molecular weight is 178 g/mol. The monoisotopic (exact) mass is 178 g/mol. The molecule has 0 aromatic rings. The minimum Gasteiger partial charge on any atom is -0.481 e. The lowest BCUT2D eigenvalue weighted by Crippen LogP contribution is -2.41. The molecule has 0 amide bonds. The first-order valence-electron chi connectivity index (χ1n) is 4.07. The van der Waals surface area contributed by atoms with Gasteiger partial charge in [-0.15, -0.1) is 0 Å². The molecular formula is C8H12F2O2. The van der Waals surface area contributed by atoms with Crippen molar-refractivity contribution in [2.24, 2.45) is 11.8 Å². The molecule has 0 heterocycles. The zero-order valence-electron chi connectivity index (χ0n) is 6.89. The molecule has 1 fully saturated rings. The van der Waals surface area contributed by atoms with Crippen LogP contribution in [0.3, 0.4) is 0 Å². The Morgan fingerprint density at radius 1 is 1.67 bits per heavy atom. The van der Waals surface area contributed by atoms with Crippen LogP contribution in [-0.4, -0.2) is 17.0 Å². The molecule has 2 nitrogen and oxygen atoms in total. The SMILES string of the molecule is CC[C@@H](C(=O)O)C1CC(F)(F)C1. The number of aliphatic carboxylic acids is 1. The van der Waals surface area contributed by atoms with Crippen molar-refractivity contribution < 1.29 is 18.7 Å². The summed E-state index contributed by atoms with van der Waals surface area (Å²) in [5, 5.41) is 8.63. The summed E-state index contributed by atoms with van der Waals surface area (Å²) in [7, 11) is 0. The van der Waals surface area contributed by atoms with Crippen LogP contribution in [0, 0.1) is 11.8 Å². The van der Waals surface area contributed by atoms with Gasteiger partial charge in [-0.1, -0.05) is 6.92 Å². The molecule has 0 unspecified atom stereocenters. The zero-order chi connectivity index (χ0) is 9.35. The summed E-state index contributed by atoms with van der Waals surface area (Å²) < 4.78 is 24.7. The predicted octanol–water partition coefficient (Wildman–Crippen LogP) is 2.14. The standard InChI is InChI=1S/C8H12F2O2/c1-2-6(7(11)12)5-3-8(9,10)4-5/h5-6H,2-4H2,1H3,(H,11,12)/t6-/m1/s1. The second kappa shape index (κ2) is 2.99. The van der Waals surface area contributed by atoms with Crippen molar-refractivity contribution in [2.45, 2.75) is 32.1 Å². The Morgan fingerprint density at radius 3 is 2.42 bits per heavy atom. The first-order valence-corrected chi connectivity index (χ1v) is 4.07. The third-order valence-corrected chi connectivity index (χ3v) is 2.45. The topological polar surface area (TPSA) is 37.3 Å². The Labute approximate surface area is 69.6 Å². The third kappa shape index (κ3) is 1.73. The van der Waals surface area contributed by atoms with E-state index in [2.05, 4.69) is 0 Å². The van der Waals surface area contributed by atoms with Crippen LogP contribution in [0.4, 0.5) is 8.78 Å². The Morgan fingerprint density at radius 2 is 2.17 bits per heavy atom. The summed E-state index contributed by atoms with van der Waals surface area (Å²) in [5.74, 6) is -4.45. The van der Waals surface area contributed by atoms with Gasteiger partial charge in [-0.05, 0) is 12.3 Å². The largest absolute Gasteiger partial charge is 0.481 e. The number of carbonyl (C=O) groups is 1. The molecule has 1 N–H and O–H groups in total. The molecule has 0 spiro atoms. The predicted molar refractivity (Wildman–Crippen MR) is 39.1 cm³/mol. The van der Waals surface area contributed by atoms with Gasteiger partial charge in [-0.3, -0.25) is 4.79 Å². The van der Waals surface area contributed by atoms with Gasteiger partial charge in [0.15, 0.2) is 0 Å². The van der Waals surface area contributed by atoms with Gasteiger partial charge in [0.2, 0.25) is 5.92 Å². The summed E-state index contributed by atoms with van der Waals surface area (Å²) in [6, 6.07) is 0. The van der Waals surface area contributed by atoms with Crippen LogP contribution in [0.5, 0.6) is 0 Å². The van der Waals surface area contributed by atoms with Crippen molar-refractivity contribution in [3.8, 4) is 0 Å². The Kier molecular flexibility index (Phi) is 2.35. The lowest BCUT2D eigenvalue weighted by molar-refractivity contribution is -0.159. The van der Waals surface area contributed by atoms with Crippen LogP contribution in [0.25, 0.3) is 0 Å². The Hall–Kier alpha value is -0.670. The van der Waals surface area contributed by atoms with Crippen LogP contribution < -0.4 is 0 Å². The summed E-state index contributed by atoms with van der Waals surface area (Å²) in [6.07, 6.45) is -0.0638. The lowest BCUT2D eigenvalue weighted by Gasteiger charge is -2.38. The van der Waals surface area contributed by atoms with E-state index in [0.717, 1.165) is 0 Å². The van der Waals surface area contributed by atoms with Crippen molar-refractivity contribution in [1.29, 1.82) is 0 Å². The van der Waals surface area contributed by atoms with Crippen LogP contribution in [-0.2, 0) is 4.79 Å². The first-order chi connectivity index (χ1) is 5.46. The summed E-state index contributed by atoms with van der Waals surface area (Å²) in [5.41, 5.74) is 0. The van der Waals surface area contributed by atoms with Crippen LogP contribution in [0.1, 0.15) is 26.2 Å². The molecule has 1 saturated carbocycles. The molecule has 1 aliphatic rings. The van der Waals surface area contributed by atoms with E-state index in [0.29, 0.717) is 6.42 Å². The molecule has 70 valence electrons. The number of alkyl halides is 2. The molecule has 1 rings (SSSR count). The smallest absolute Gasteiger partial charge is 0.306 e. The molecule has 12 heavy (non-hydrogen) atoms. The van der Waals surface area contributed by atoms with Gasteiger partial charge in [0.05, 0.1) is 5.92 Å². The van der Waals surface area contributed by atoms with E-state index in [4.69, 9.17) is 5.11 Å². The minimum atomic E-state index is -2.60. The number of carboxylic acids is 1. The highest BCUT2D eigenvalue weighted by molar-refractivity contribution is 5.70. The number of hydrogen-bond acceptors (Lipinski definition) is 1. The van der Waals surface area contributed by atoms with E-state index >= 15 is 0 Å². The molecule has 0 aromatic carbocycles. The molecule has 0 saturated heterocycles. The minimum absolute atomic E-state index is 0.252. The first kappa shape index (κ1) is 9.42. The van der Waals surface area contributed by atoms with Gasteiger partial charge in [-0.2, -0.15) is 0 Å². The van der Waals surface area contributed by atoms with Crippen LogP contribution in [0.2, 0.25) is 0 Å². The fourth-order valence-corrected chi connectivity index (χ4v) is 1.70. The van der Waals surface area contributed by atoms with Crippen molar-refractivity contribution in [3.05, 3.63) is 0 Å². The van der Waals surface area contributed by atoms with Gasteiger partial charge in [-0.25, -0.2) is 8.78 Å². The maximum atomic E-state index is 12.4. The number of halogens is 2. The van der Waals surface area contributed by atoms with Gasteiger partial charge in [0.1, 0.15) is 0 Å². The van der Waals surface area contributed by atoms with Gasteiger partial charge < -0.3 is 5.11 Å². The summed E-state index contributed by atoms with van der Waals surface area (Å²) in [4.78, 5) is 10.5. The highest BCUT2D eigenvalue weighted by Gasteiger charge is 2.49. The van der Waals surface area contributed by atoms with Crippen molar-refractivity contribution in [3.63, 3.8) is 0 Å². The van der Waals surface area contributed by atoms with E-state index in [9.17, 15) is 13.6 Å². The molecule has 1 aliphatic carbocycles. The number of rotatable bonds is 3. The zero-order valence-corrected chi connectivity index (χ0v) is 6.89.